The minimum absolute atomic E-state index is 0.271. The number of benzene rings is 1. The third kappa shape index (κ3) is 2.92. The number of carbonyl (C=O) groups excluding carboxylic acids is 1. The fourth-order valence-electron chi connectivity index (χ4n) is 2.26. The van der Waals surface area contributed by atoms with Crippen LogP contribution < -0.4 is 5.32 Å². The molecule has 1 aliphatic rings. The van der Waals surface area contributed by atoms with Gasteiger partial charge in [-0.3, -0.25) is 0 Å². The second-order valence-electron chi connectivity index (χ2n) is 4.64. The van der Waals surface area contributed by atoms with E-state index in [0.717, 1.165) is 19.5 Å². The summed E-state index contributed by atoms with van der Waals surface area (Å²) in [6.07, 6.45) is 2.77. The lowest BCUT2D eigenvalue weighted by Crippen LogP contribution is -2.08. The number of Topliss-reactive ketones (excluding diaryl/α,β-unsaturated/α-hetero) is 1. The van der Waals surface area contributed by atoms with Gasteiger partial charge in [0.1, 0.15) is 5.78 Å². The Morgan fingerprint density at radius 1 is 1.50 bits per heavy atom. The zero-order chi connectivity index (χ0) is 11.4. The Morgan fingerprint density at radius 2 is 2.38 bits per heavy atom. The van der Waals surface area contributed by atoms with Crippen LogP contribution in [0.1, 0.15) is 36.8 Å². The van der Waals surface area contributed by atoms with Gasteiger partial charge in [0.25, 0.3) is 0 Å². The van der Waals surface area contributed by atoms with E-state index in [2.05, 4.69) is 29.6 Å². The molecule has 0 saturated carbocycles. The van der Waals surface area contributed by atoms with Crippen molar-refractivity contribution in [3.05, 3.63) is 35.4 Å². The molecule has 1 N–H and O–H groups in total. The highest BCUT2D eigenvalue weighted by Crippen LogP contribution is 2.23. The van der Waals surface area contributed by atoms with Crippen molar-refractivity contribution in [1.82, 2.24) is 5.32 Å². The molecule has 86 valence electrons. The Labute approximate surface area is 97.1 Å². The number of hydrogen-bond donors (Lipinski definition) is 1. The predicted molar refractivity (Wildman–Crippen MR) is 65.7 cm³/mol. The fourth-order valence-corrected chi connectivity index (χ4v) is 2.26. The molecule has 0 aromatic heterocycles. The summed E-state index contributed by atoms with van der Waals surface area (Å²) in [7, 11) is 0. The average molecular weight is 217 g/mol. The highest BCUT2D eigenvalue weighted by Gasteiger charge is 2.16. The second-order valence-corrected chi connectivity index (χ2v) is 4.64. The summed E-state index contributed by atoms with van der Waals surface area (Å²) in [6.45, 7) is 3.88. The molecule has 1 saturated heterocycles. The molecule has 1 aromatic rings. The largest absolute Gasteiger partial charge is 0.316 e. The maximum absolute atomic E-state index is 10.9. The molecule has 1 aliphatic heterocycles. The van der Waals surface area contributed by atoms with Gasteiger partial charge in [0.05, 0.1) is 0 Å². The summed E-state index contributed by atoms with van der Waals surface area (Å²) in [6, 6.07) is 8.70. The van der Waals surface area contributed by atoms with Gasteiger partial charge in [-0.25, -0.2) is 0 Å². The Balaban J connectivity index is 2.03. The average Bonchev–Trinajstić information content (AvgIpc) is 2.80. The van der Waals surface area contributed by atoms with E-state index < -0.39 is 0 Å². The van der Waals surface area contributed by atoms with Crippen molar-refractivity contribution in [2.45, 2.75) is 32.1 Å². The van der Waals surface area contributed by atoms with Gasteiger partial charge in [-0.05, 0) is 43.4 Å². The minimum Gasteiger partial charge on any atom is -0.316 e. The molecular weight excluding hydrogens is 198 g/mol. The molecule has 0 aliphatic carbocycles. The van der Waals surface area contributed by atoms with Gasteiger partial charge in [0, 0.05) is 13.0 Å². The van der Waals surface area contributed by atoms with Gasteiger partial charge in [0.2, 0.25) is 0 Å². The Morgan fingerprint density at radius 3 is 3.06 bits per heavy atom. The van der Waals surface area contributed by atoms with Gasteiger partial charge in [-0.15, -0.1) is 0 Å². The minimum atomic E-state index is 0.271. The molecule has 2 nitrogen and oxygen atoms in total. The third-order valence-electron chi connectivity index (χ3n) is 3.25. The van der Waals surface area contributed by atoms with Crippen LogP contribution in [-0.2, 0) is 11.2 Å². The van der Waals surface area contributed by atoms with Crippen LogP contribution in [0.3, 0.4) is 0 Å². The zero-order valence-corrected chi connectivity index (χ0v) is 9.83. The molecule has 0 spiro atoms. The van der Waals surface area contributed by atoms with Crippen LogP contribution in [0.25, 0.3) is 0 Å². The highest BCUT2D eigenvalue weighted by molar-refractivity contribution is 5.75. The first-order valence-corrected chi connectivity index (χ1v) is 6.04. The number of nitrogens with one attached hydrogen (secondary N) is 1. The van der Waals surface area contributed by atoms with E-state index in [1.165, 1.54) is 17.5 Å². The van der Waals surface area contributed by atoms with Crippen LogP contribution in [0.5, 0.6) is 0 Å². The molecule has 1 atom stereocenters. The number of carbonyl (C=O) groups is 1. The van der Waals surface area contributed by atoms with E-state index in [1.54, 1.807) is 6.92 Å². The van der Waals surface area contributed by atoms with Gasteiger partial charge in [-0.2, -0.15) is 0 Å². The van der Waals surface area contributed by atoms with E-state index in [1.807, 2.05) is 0 Å². The molecule has 2 heteroatoms. The van der Waals surface area contributed by atoms with E-state index >= 15 is 0 Å². The van der Waals surface area contributed by atoms with Crippen LogP contribution in [0.15, 0.2) is 24.3 Å². The Hall–Kier alpha value is -1.15. The summed E-state index contributed by atoms with van der Waals surface area (Å²) in [5.41, 5.74) is 2.71. The normalized spacial score (nSPS) is 19.9. The molecule has 2 rings (SSSR count). The fraction of sp³-hybridized carbons (Fsp3) is 0.500. The SMILES string of the molecule is CC(=O)CCc1cccc(C2CCNC2)c1. The first kappa shape index (κ1) is 11.3. The maximum atomic E-state index is 10.9. The molecule has 1 heterocycles. The number of ketones is 1. The zero-order valence-electron chi connectivity index (χ0n) is 9.83. The molecule has 0 amide bonds. The van der Waals surface area contributed by atoms with Crippen molar-refractivity contribution >= 4 is 5.78 Å². The van der Waals surface area contributed by atoms with Crippen LogP contribution in [0.2, 0.25) is 0 Å². The van der Waals surface area contributed by atoms with Crippen LogP contribution >= 0.6 is 0 Å². The second kappa shape index (κ2) is 5.26. The van der Waals surface area contributed by atoms with E-state index in [4.69, 9.17) is 0 Å². The summed E-state index contributed by atoms with van der Waals surface area (Å²) >= 11 is 0. The van der Waals surface area contributed by atoms with Gasteiger partial charge in [0.15, 0.2) is 0 Å². The Bertz CT molecular complexity index is 367. The van der Waals surface area contributed by atoms with Crippen molar-refractivity contribution < 1.29 is 4.79 Å². The Kier molecular flexibility index (Phi) is 3.73. The maximum Gasteiger partial charge on any atom is 0.130 e. The molecule has 1 fully saturated rings. The molecule has 1 aromatic carbocycles. The molecule has 1 unspecified atom stereocenters. The van der Waals surface area contributed by atoms with Crippen LogP contribution in [-0.4, -0.2) is 18.9 Å². The molecular formula is C14H19NO. The number of hydrogen-bond acceptors (Lipinski definition) is 2. The first-order valence-electron chi connectivity index (χ1n) is 6.04. The topological polar surface area (TPSA) is 29.1 Å². The van der Waals surface area contributed by atoms with E-state index in [9.17, 15) is 4.79 Å². The van der Waals surface area contributed by atoms with Crippen molar-refractivity contribution in [1.29, 1.82) is 0 Å². The summed E-state index contributed by atoms with van der Waals surface area (Å²) in [5, 5.41) is 3.39. The lowest BCUT2D eigenvalue weighted by atomic mass is 9.95. The highest BCUT2D eigenvalue weighted by atomic mass is 16.1. The van der Waals surface area contributed by atoms with Gasteiger partial charge < -0.3 is 10.1 Å². The quantitative estimate of drug-likeness (QED) is 0.838. The van der Waals surface area contributed by atoms with Gasteiger partial charge in [-0.1, -0.05) is 24.3 Å². The van der Waals surface area contributed by atoms with Crippen molar-refractivity contribution in [2.75, 3.05) is 13.1 Å². The summed E-state index contributed by atoms with van der Waals surface area (Å²) < 4.78 is 0. The smallest absolute Gasteiger partial charge is 0.130 e. The lowest BCUT2D eigenvalue weighted by Gasteiger charge is -2.10. The van der Waals surface area contributed by atoms with Crippen LogP contribution in [0.4, 0.5) is 0 Å². The lowest BCUT2D eigenvalue weighted by molar-refractivity contribution is -0.116. The van der Waals surface area contributed by atoms with E-state index in [0.29, 0.717) is 12.3 Å². The molecule has 16 heavy (non-hydrogen) atoms. The van der Waals surface area contributed by atoms with Crippen LogP contribution in [0, 0.1) is 0 Å². The monoisotopic (exact) mass is 217 g/mol. The van der Waals surface area contributed by atoms with E-state index in [-0.39, 0.29) is 5.78 Å². The van der Waals surface area contributed by atoms with Crippen molar-refractivity contribution in [3.63, 3.8) is 0 Å². The first-order chi connectivity index (χ1) is 7.75. The van der Waals surface area contributed by atoms with Gasteiger partial charge >= 0.3 is 0 Å². The van der Waals surface area contributed by atoms with Crippen molar-refractivity contribution in [2.24, 2.45) is 0 Å². The summed E-state index contributed by atoms with van der Waals surface area (Å²) in [4.78, 5) is 10.9. The molecule has 0 bridgehead atoms. The number of rotatable bonds is 4. The van der Waals surface area contributed by atoms with Crippen molar-refractivity contribution in [3.8, 4) is 0 Å². The standard InChI is InChI=1S/C14H19NO/c1-11(16)5-6-12-3-2-4-13(9-12)14-7-8-15-10-14/h2-4,9,14-15H,5-8,10H2,1H3. The summed E-state index contributed by atoms with van der Waals surface area (Å²) in [5.74, 6) is 0.935. The number of aryl methyl sites for hydroxylation is 1. The molecule has 0 radical (unpaired) electrons. The third-order valence-corrected chi connectivity index (χ3v) is 3.25. The predicted octanol–water partition coefficient (Wildman–Crippen LogP) is 2.29.